The molecule has 2 bridgehead atoms. The van der Waals surface area contributed by atoms with Crippen LogP contribution in [-0.2, 0) is 4.74 Å². The highest BCUT2D eigenvalue weighted by Crippen LogP contribution is 2.39. The first kappa shape index (κ1) is 14.8. The number of nitrogens with one attached hydrogen (secondary N) is 1. The largest absolute Gasteiger partial charge is 0.368 e. The zero-order chi connectivity index (χ0) is 14.5. The van der Waals surface area contributed by atoms with Gasteiger partial charge in [0.2, 0.25) is 0 Å². The lowest BCUT2D eigenvalue weighted by atomic mass is 9.89. The summed E-state index contributed by atoms with van der Waals surface area (Å²) in [4.78, 5) is 2.63. The molecule has 3 aliphatic heterocycles. The van der Waals surface area contributed by atoms with Gasteiger partial charge in [0, 0.05) is 18.1 Å². The van der Waals surface area contributed by atoms with Crippen molar-refractivity contribution in [2.45, 2.75) is 89.1 Å². The molecular formula is C17H32N2O. The number of hydrogen-bond donors (Lipinski definition) is 1. The van der Waals surface area contributed by atoms with Crippen LogP contribution < -0.4 is 5.32 Å². The van der Waals surface area contributed by atoms with Crippen molar-refractivity contribution in [3.63, 3.8) is 0 Å². The number of hydrogen-bond acceptors (Lipinski definition) is 3. The summed E-state index contributed by atoms with van der Waals surface area (Å²) in [5.74, 6) is 0.864. The maximum Gasteiger partial charge on any atom is 0.0787 e. The first-order valence-electron chi connectivity index (χ1n) is 8.42. The predicted octanol–water partition coefficient (Wildman–Crippen LogP) is 2.79. The van der Waals surface area contributed by atoms with Crippen LogP contribution in [0, 0.1) is 5.92 Å². The molecule has 1 N–H and O–H groups in total. The Morgan fingerprint density at radius 3 is 2.20 bits per heavy atom. The van der Waals surface area contributed by atoms with Crippen LogP contribution in [0.3, 0.4) is 0 Å². The summed E-state index contributed by atoms with van der Waals surface area (Å²) < 4.78 is 6.19. The van der Waals surface area contributed by atoms with Gasteiger partial charge >= 0.3 is 0 Å². The minimum Gasteiger partial charge on any atom is -0.368 e. The molecule has 20 heavy (non-hydrogen) atoms. The van der Waals surface area contributed by atoms with Crippen LogP contribution in [0.15, 0.2) is 0 Å². The minimum atomic E-state index is -0.0338. The summed E-state index contributed by atoms with van der Waals surface area (Å²) in [6.07, 6.45) is 6.74. The summed E-state index contributed by atoms with van der Waals surface area (Å²) >= 11 is 0. The zero-order valence-electron chi connectivity index (χ0n) is 13.9. The Balaban J connectivity index is 1.53. The van der Waals surface area contributed by atoms with Crippen molar-refractivity contribution in [3.8, 4) is 0 Å². The average molecular weight is 280 g/mol. The Hall–Kier alpha value is -0.120. The normalized spacial score (nSPS) is 43.0. The van der Waals surface area contributed by atoms with Crippen molar-refractivity contribution in [2.24, 2.45) is 5.92 Å². The van der Waals surface area contributed by atoms with Crippen LogP contribution in [0.4, 0.5) is 0 Å². The highest BCUT2D eigenvalue weighted by atomic mass is 16.5. The highest BCUT2D eigenvalue weighted by molar-refractivity contribution is 5.00. The Morgan fingerprint density at radius 2 is 1.70 bits per heavy atom. The molecule has 0 saturated carbocycles. The monoisotopic (exact) mass is 280 g/mol. The molecule has 3 fully saturated rings. The molecule has 3 aliphatic rings. The van der Waals surface area contributed by atoms with E-state index in [1.807, 2.05) is 0 Å². The van der Waals surface area contributed by atoms with Gasteiger partial charge in [-0.25, -0.2) is 0 Å². The standard InChI is InChI=1S/C17H32N2O/c1-16(2)10-15(17(3,4)20-16)18-11-12-8-13-6-7-14(9-12)19(13)5/h12-15,18H,6-11H2,1-5H3. The third-order valence-corrected chi connectivity index (χ3v) is 5.92. The lowest BCUT2D eigenvalue weighted by Gasteiger charge is -2.37. The fourth-order valence-corrected chi connectivity index (χ4v) is 4.88. The van der Waals surface area contributed by atoms with Crippen molar-refractivity contribution in [2.75, 3.05) is 13.6 Å². The fraction of sp³-hybridized carbons (Fsp3) is 1.00. The van der Waals surface area contributed by atoms with E-state index >= 15 is 0 Å². The van der Waals surface area contributed by atoms with Crippen LogP contribution in [0.5, 0.6) is 0 Å². The molecule has 0 aromatic carbocycles. The van der Waals surface area contributed by atoms with Crippen LogP contribution >= 0.6 is 0 Å². The van der Waals surface area contributed by atoms with Gasteiger partial charge in [-0.2, -0.15) is 0 Å². The lowest BCUT2D eigenvalue weighted by molar-refractivity contribution is -0.0701. The second kappa shape index (κ2) is 4.96. The number of nitrogens with zero attached hydrogens (tertiary/aromatic N) is 1. The molecule has 3 rings (SSSR count). The molecule has 3 unspecified atom stereocenters. The molecule has 3 atom stereocenters. The van der Waals surface area contributed by atoms with Crippen molar-refractivity contribution in [3.05, 3.63) is 0 Å². The van der Waals surface area contributed by atoms with Crippen LogP contribution in [0.2, 0.25) is 0 Å². The molecular weight excluding hydrogens is 248 g/mol. The van der Waals surface area contributed by atoms with Crippen LogP contribution in [0.1, 0.15) is 59.8 Å². The molecule has 116 valence electrons. The summed E-state index contributed by atoms with van der Waals surface area (Å²) in [5.41, 5.74) is -0.0130. The molecule has 0 spiro atoms. The van der Waals surface area contributed by atoms with E-state index in [2.05, 4.69) is 45.0 Å². The lowest BCUT2D eigenvalue weighted by Crippen LogP contribution is -2.48. The van der Waals surface area contributed by atoms with Crippen LogP contribution in [-0.4, -0.2) is 47.8 Å². The van der Waals surface area contributed by atoms with Gasteiger partial charge in [-0.05, 0) is 79.3 Å². The number of fused-ring (bicyclic) bond motifs is 2. The molecule has 0 aromatic rings. The Labute approximate surface area is 124 Å². The maximum absolute atomic E-state index is 6.19. The van der Waals surface area contributed by atoms with Crippen molar-refractivity contribution >= 4 is 0 Å². The SMILES string of the molecule is CN1C2CCC1CC(CNC1CC(C)(C)OC1(C)C)C2. The van der Waals surface area contributed by atoms with Gasteiger partial charge in [0.15, 0.2) is 0 Å². The summed E-state index contributed by atoms with van der Waals surface area (Å²) in [6.45, 7) is 10.1. The summed E-state index contributed by atoms with van der Waals surface area (Å²) in [7, 11) is 2.32. The Morgan fingerprint density at radius 1 is 1.10 bits per heavy atom. The number of rotatable bonds is 3. The molecule has 3 saturated heterocycles. The Bertz CT molecular complexity index is 352. The third kappa shape index (κ3) is 2.77. The van der Waals surface area contributed by atoms with Gasteiger partial charge in [-0.15, -0.1) is 0 Å². The fourth-order valence-electron chi connectivity index (χ4n) is 4.88. The molecule has 3 heteroatoms. The Kier molecular flexibility index (Phi) is 3.67. The van der Waals surface area contributed by atoms with Gasteiger partial charge < -0.3 is 15.0 Å². The van der Waals surface area contributed by atoms with E-state index < -0.39 is 0 Å². The van der Waals surface area contributed by atoms with E-state index in [1.54, 1.807) is 0 Å². The molecule has 3 heterocycles. The average Bonchev–Trinajstić information content (AvgIpc) is 2.68. The molecule has 3 nitrogen and oxygen atoms in total. The summed E-state index contributed by atoms with van der Waals surface area (Å²) in [6, 6.07) is 2.20. The second-order valence-electron chi connectivity index (χ2n) is 8.52. The zero-order valence-corrected chi connectivity index (χ0v) is 13.9. The van der Waals surface area contributed by atoms with Crippen LogP contribution in [0.25, 0.3) is 0 Å². The molecule has 0 amide bonds. The van der Waals surface area contributed by atoms with Gasteiger partial charge in [-0.1, -0.05) is 0 Å². The molecule has 0 aliphatic carbocycles. The van der Waals surface area contributed by atoms with Gasteiger partial charge in [0.05, 0.1) is 11.2 Å². The summed E-state index contributed by atoms with van der Waals surface area (Å²) in [5, 5.41) is 3.84. The van der Waals surface area contributed by atoms with E-state index in [0.717, 1.165) is 24.4 Å². The van der Waals surface area contributed by atoms with E-state index in [4.69, 9.17) is 4.74 Å². The van der Waals surface area contributed by atoms with Crippen molar-refractivity contribution < 1.29 is 4.74 Å². The van der Waals surface area contributed by atoms with E-state index in [1.165, 1.54) is 32.2 Å². The topological polar surface area (TPSA) is 24.5 Å². The highest BCUT2D eigenvalue weighted by Gasteiger charge is 2.46. The van der Waals surface area contributed by atoms with E-state index in [-0.39, 0.29) is 11.2 Å². The first-order chi connectivity index (χ1) is 9.27. The van der Waals surface area contributed by atoms with E-state index in [0.29, 0.717) is 6.04 Å². The van der Waals surface area contributed by atoms with Crippen molar-refractivity contribution in [1.29, 1.82) is 0 Å². The van der Waals surface area contributed by atoms with Gasteiger partial charge in [0.1, 0.15) is 0 Å². The quantitative estimate of drug-likeness (QED) is 0.860. The third-order valence-electron chi connectivity index (χ3n) is 5.92. The second-order valence-corrected chi connectivity index (χ2v) is 8.52. The molecule has 0 aromatic heterocycles. The predicted molar refractivity (Wildman–Crippen MR) is 82.9 cm³/mol. The van der Waals surface area contributed by atoms with Crippen molar-refractivity contribution in [1.82, 2.24) is 10.2 Å². The van der Waals surface area contributed by atoms with E-state index in [9.17, 15) is 0 Å². The minimum absolute atomic E-state index is 0.0208. The molecule has 0 radical (unpaired) electrons. The maximum atomic E-state index is 6.19. The number of piperidine rings is 1. The van der Waals surface area contributed by atoms with Gasteiger partial charge in [0.25, 0.3) is 0 Å². The number of ether oxygens (including phenoxy) is 1. The first-order valence-corrected chi connectivity index (χ1v) is 8.42. The van der Waals surface area contributed by atoms with Gasteiger partial charge in [-0.3, -0.25) is 0 Å². The smallest absolute Gasteiger partial charge is 0.0787 e.